The van der Waals surface area contributed by atoms with E-state index in [0.29, 0.717) is 24.0 Å². The second kappa shape index (κ2) is 4.17. The van der Waals surface area contributed by atoms with Gasteiger partial charge in [-0.05, 0) is 49.7 Å². The third kappa shape index (κ3) is 1.57. The summed E-state index contributed by atoms with van der Waals surface area (Å²) < 4.78 is 0. The molecule has 0 heterocycles. The number of carbonyl (C=O) groups excluding carboxylic acids is 1. The summed E-state index contributed by atoms with van der Waals surface area (Å²) in [7, 11) is 0. The highest BCUT2D eigenvalue weighted by molar-refractivity contribution is 5.91. The first-order valence-corrected chi connectivity index (χ1v) is 7.93. The number of ketones is 1. The quantitative estimate of drug-likeness (QED) is 0.733. The molecule has 0 aliphatic heterocycles. The third-order valence-corrected chi connectivity index (χ3v) is 6.14. The van der Waals surface area contributed by atoms with Crippen LogP contribution in [0, 0.1) is 17.3 Å². The van der Waals surface area contributed by atoms with Gasteiger partial charge in [-0.1, -0.05) is 30.2 Å². The fourth-order valence-electron chi connectivity index (χ4n) is 4.92. The van der Waals surface area contributed by atoms with Crippen molar-refractivity contribution >= 4 is 5.78 Å². The van der Waals surface area contributed by atoms with Crippen molar-refractivity contribution in [2.24, 2.45) is 17.3 Å². The van der Waals surface area contributed by atoms with Gasteiger partial charge in [-0.25, -0.2) is 0 Å². The molecule has 0 aromatic rings. The predicted molar refractivity (Wildman–Crippen MR) is 78.1 cm³/mol. The van der Waals surface area contributed by atoms with Crippen LogP contribution >= 0.6 is 0 Å². The van der Waals surface area contributed by atoms with Crippen molar-refractivity contribution in [1.82, 2.24) is 0 Å². The molecule has 0 saturated heterocycles. The maximum atomic E-state index is 11.6. The molecule has 0 amide bonds. The van der Waals surface area contributed by atoms with Gasteiger partial charge in [-0.15, -0.1) is 0 Å². The van der Waals surface area contributed by atoms with E-state index in [1.807, 2.05) is 6.08 Å². The average molecular weight is 270 g/mol. The first-order chi connectivity index (χ1) is 9.59. The van der Waals surface area contributed by atoms with E-state index in [-0.39, 0.29) is 11.5 Å². The number of hydrogen-bond donors (Lipinski definition) is 1. The summed E-state index contributed by atoms with van der Waals surface area (Å²) in [6, 6.07) is 0. The number of rotatable bonds is 0. The van der Waals surface area contributed by atoms with Crippen molar-refractivity contribution in [2.75, 3.05) is 0 Å². The van der Waals surface area contributed by atoms with Crippen LogP contribution in [0.15, 0.2) is 34.9 Å². The van der Waals surface area contributed by atoms with Gasteiger partial charge in [0.25, 0.3) is 0 Å². The largest absolute Gasteiger partial charge is 0.392 e. The molecule has 4 aliphatic carbocycles. The van der Waals surface area contributed by atoms with Crippen LogP contribution in [0.4, 0.5) is 0 Å². The molecule has 0 radical (unpaired) electrons. The number of hydrogen-bond acceptors (Lipinski definition) is 2. The molecule has 0 bridgehead atoms. The highest BCUT2D eigenvalue weighted by Crippen LogP contribution is 2.56. The Balaban J connectivity index is 1.76. The molecule has 1 N–H and O–H groups in total. The lowest BCUT2D eigenvalue weighted by atomic mass is 9.62. The standard InChI is InChI=1S/C18H22O2/c1-18-9-8-14-13-5-3-12(19)10-11(13)2-4-15(14)16(18)6-7-17(18)20/h8-10,13,16-17,20H,2-7H2,1H3. The number of aliphatic hydroxyl groups is 1. The van der Waals surface area contributed by atoms with E-state index in [0.717, 1.165) is 32.1 Å². The second-order valence-electron chi connectivity index (χ2n) is 7.10. The van der Waals surface area contributed by atoms with E-state index in [1.54, 1.807) is 5.57 Å². The van der Waals surface area contributed by atoms with Gasteiger partial charge in [0.1, 0.15) is 0 Å². The fourth-order valence-corrected chi connectivity index (χ4v) is 4.92. The van der Waals surface area contributed by atoms with Gasteiger partial charge in [0.15, 0.2) is 5.78 Å². The molecule has 20 heavy (non-hydrogen) atoms. The number of allylic oxidation sites excluding steroid dienone is 5. The summed E-state index contributed by atoms with van der Waals surface area (Å²) >= 11 is 0. The predicted octanol–water partition coefficient (Wildman–Crippen LogP) is 3.33. The van der Waals surface area contributed by atoms with E-state index in [4.69, 9.17) is 0 Å². The van der Waals surface area contributed by atoms with Gasteiger partial charge in [0.05, 0.1) is 6.10 Å². The van der Waals surface area contributed by atoms with Crippen LogP contribution in [0.2, 0.25) is 0 Å². The van der Waals surface area contributed by atoms with Crippen molar-refractivity contribution in [3.63, 3.8) is 0 Å². The number of fused-ring (bicyclic) bond motifs is 4. The zero-order chi connectivity index (χ0) is 13.9. The summed E-state index contributed by atoms with van der Waals surface area (Å²) in [6.45, 7) is 2.21. The SMILES string of the molecule is CC12C=CC3=C(CCC4=CC(=O)CCC43)C1CCC2O. The number of aliphatic hydroxyl groups excluding tert-OH is 1. The molecular weight excluding hydrogens is 248 g/mol. The van der Waals surface area contributed by atoms with E-state index < -0.39 is 0 Å². The molecule has 0 spiro atoms. The molecule has 1 saturated carbocycles. The van der Waals surface area contributed by atoms with Gasteiger partial charge in [-0.3, -0.25) is 4.79 Å². The summed E-state index contributed by atoms with van der Waals surface area (Å²) in [5, 5.41) is 10.3. The summed E-state index contributed by atoms with van der Waals surface area (Å²) in [5.74, 6) is 1.31. The molecule has 1 fully saturated rings. The minimum absolute atomic E-state index is 0.0511. The minimum atomic E-state index is -0.192. The van der Waals surface area contributed by atoms with Crippen LogP contribution in [-0.2, 0) is 4.79 Å². The molecule has 106 valence electrons. The van der Waals surface area contributed by atoms with Crippen LogP contribution in [-0.4, -0.2) is 17.0 Å². The van der Waals surface area contributed by atoms with Crippen LogP contribution < -0.4 is 0 Å². The van der Waals surface area contributed by atoms with E-state index >= 15 is 0 Å². The van der Waals surface area contributed by atoms with Crippen molar-refractivity contribution in [1.29, 1.82) is 0 Å². The van der Waals surface area contributed by atoms with Gasteiger partial charge >= 0.3 is 0 Å². The Bertz CT molecular complexity index is 566. The first-order valence-electron chi connectivity index (χ1n) is 7.93. The molecule has 0 aromatic carbocycles. The van der Waals surface area contributed by atoms with Crippen molar-refractivity contribution in [3.05, 3.63) is 34.9 Å². The first kappa shape index (κ1) is 12.6. The fraction of sp³-hybridized carbons (Fsp3) is 0.611. The maximum absolute atomic E-state index is 11.6. The van der Waals surface area contributed by atoms with Gasteiger partial charge < -0.3 is 5.11 Å². The van der Waals surface area contributed by atoms with Crippen LogP contribution in [0.1, 0.15) is 45.4 Å². The Hall–Kier alpha value is -1.15. The van der Waals surface area contributed by atoms with Crippen molar-refractivity contribution in [3.8, 4) is 0 Å². The molecule has 4 aliphatic rings. The van der Waals surface area contributed by atoms with Gasteiger partial charge in [0, 0.05) is 17.8 Å². The molecular formula is C18H22O2. The van der Waals surface area contributed by atoms with Crippen LogP contribution in [0.25, 0.3) is 0 Å². The molecule has 2 heteroatoms. The highest BCUT2D eigenvalue weighted by atomic mass is 16.3. The molecule has 0 aromatic heterocycles. The zero-order valence-electron chi connectivity index (χ0n) is 12.1. The average Bonchev–Trinajstić information content (AvgIpc) is 2.74. The maximum Gasteiger partial charge on any atom is 0.155 e. The zero-order valence-corrected chi connectivity index (χ0v) is 12.1. The van der Waals surface area contributed by atoms with Crippen LogP contribution in [0.5, 0.6) is 0 Å². The van der Waals surface area contributed by atoms with E-state index in [9.17, 15) is 9.90 Å². The lowest BCUT2D eigenvalue weighted by Gasteiger charge is -2.42. The highest BCUT2D eigenvalue weighted by Gasteiger charge is 2.49. The number of carbonyl (C=O) groups is 1. The van der Waals surface area contributed by atoms with Crippen molar-refractivity contribution in [2.45, 2.75) is 51.6 Å². The van der Waals surface area contributed by atoms with E-state index in [2.05, 4.69) is 19.1 Å². The van der Waals surface area contributed by atoms with Gasteiger partial charge in [-0.2, -0.15) is 0 Å². The Morgan fingerprint density at radius 2 is 2.05 bits per heavy atom. The van der Waals surface area contributed by atoms with Crippen LogP contribution in [0.3, 0.4) is 0 Å². The molecule has 4 atom stereocenters. The van der Waals surface area contributed by atoms with E-state index in [1.165, 1.54) is 11.1 Å². The topological polar surface area (TPSA) is 37.3 Å². The van der Waals surface area contributed by atoms with Gasteiger partial charge in [0.2, 0.25) is 0 Å². The lowest BCUT2D eigenvalue weighted by molar-refractivity contribution is -0.115. The Kier molecular flexibility index (Phi) is 2.62. The third-order valence-electron chi connectivity index (χ3n) is 6.14. The minimum Gasteiger partial charge on any atom is -0.392 e. The normalized spacial score (nSPS) is 43.0. The second-order valence-corrected chi connectivity index (χ2v) is 7.10. The molecule has 2 nitrogen and oxygen atoms in total. The summed E-state index contributed by atoms with van der Waals surface area (Å²) in [4.78, 5) is 11.6. The monoisotopic (exact) mass is 270 g/mol. The summed E-state index contributed by atoms with van der Waals surface area (Å²) in [6.07, 6.45) is 12.1. The smallest absolute Gasteiger partial charge is 0.155 e. The van der Waals surface area contributed by atoms with Crippen molar-refractivity contribution < 1.29 is 9.90 Å². The molecule has 4 rings (SSSR count). The Labute approximate surface area is 120 Å². The lowest BCUT2D eigenvalue weighted by Crippen LogP contribution is -2.36. The summed E-state index contributed by atoms with van der Waals surface area (Å²) in [5.41, 5.74) is 4.37. The Morgan fingerprint density at radius 3 is 2.90 bits per heavy atom. The molecule has 4 unspecified atom stereocenters. The Morgan fingerprint density at radius 1 is 1.20 bits per heavy atom.